The zero-order valence-corrected chi connectivity index (χ0v) is 13.3. The Labute approximate surface area is 142 Å². The summed E-state index contributed by atoms with van der Waals surface area (Å²) in [5.74, 6) is -0.516. The summed E-state index contributed by atoms with van der Waals surface area (Å²) in [5.41, 5.74) is 0.850. The predicted molar refractivity (Wildman–Crippen MR) is 88.4 cm³/mol. The van der Waals surface area contributed by atoms with E-state index in [0.717, 1.165) is 0 Å². The fraction of sp³-hybridized carbons (Fsp3) is 0.176. The van der Waals surface area contributed by atoms with E-state index in [4.69, 9.17) is 0 Å². The van der Waals surface area contributed by atoms with Gasteiger partial charge in [0.15, 0.2) is 0 Å². The Kier molecular flexibility index (Phi) is 4.98. The molecule has 3 rings (SSSR count). The minimum Gasteiger partial charge on any atom is -0.354 e. The largest absolute Gasteiger partial charge is 0.354 e. The van der Waals surface area contributed by atoms with Gasteiger partial charge in [0.2, 0.25) is 11.7 Å². The smallest absolute Gasteiger partial charge is 0.271 e. The lowest BCUT2D eigenvalue weighted by molar-refractivity contribution is -0.120. The van der Waals surface area contributed by atoms with Gasteiger partial charge in [-0.2, -0.15) is 0 Å². The summed E-state index contributed by atoms with van der Waals surface area (Å²) in [7, 11) is 0. The van der Waals surface area contributed by atoms with Crippen LogP contribution in [0.15, 0.2) is 48.9 Å². The summed E-state index contributed by atoms with van der Waals surface area (Å²) in [6.45, 7) is 0.528. The monoisotopic (exact) mass is 341 g/mol. The van der Waals surface area contributed by atoms with Gasteiger partial charge in [0.1, 0.15) is 11.5 Å². The van der Waals surface area contributed by atoms with Crippen LogP contribution in [-0.4, -0.2) is 39.3 Å². The first-order valence-electron chi connectivity index (χ1n) is 7.71. The molecule has 0 fully saturated rings. The number of benzene rings is 1. The van der Waals surface area contributed by atoms with Gasteiger partial charge in [-0.05, 0) is 23.8 Å². The highest BCUT2D eigenvalue weighted by Gasteiger charge is 2.10. The topological polar surface area (TPSA) is 88.4 Å². The third-order valence-electron chi connectivity index (χ3n) is 3.45. The second-order valence-electron chi connectivity index (χ2n) is 5.37. The van der Waals surface area contributed by atoms with Crippen molar-refractivity contribution in [3.8, 4) is 0 Å². The molecule has 0 aliphatic rings. The molecule has 2 aromatic heterocycles. The van der Waals surface area contributed by atoms with Crippen molar-refractivity contribution in [1.82, 2.24) is 25.0 Å². The van der Waals surface area contributed by atoms with Gasteiger partial charge in [0.25, 0.3) is 5.91 Å². The molecule has 0 unspecified atom stereocenters. The van der Waals surface area contributed by atoms with Crippen LogP contribution in [0.3, 0.4) is 0 Å². The SMILES string of the molecule is O=C(Cc1cccc(F)c1)NCCNC(=O)c1cn2cccnc2n1. The van der Waals surface area contributed by atoms with Crippen LogP contribution in [0.2, 0.25) is 0 Å². The molecule has 1 aromatic carbocycles. The van der Waals surface area contributed by atoms with Crippen molar-refractivity contribution in [2.45, 2.75) is 6.42 Å². The Morgan fingerprint density at radius 3 is 2.80 bits per heavy atom. The van der Waals surface area contributed by atoms with E-state index < -0.39 is 0 Å². The Morgan fingerprint density at radius 1 is 1.16 bits per heavy atom. The number of halogens is 1. The first-order valence-corrected chi connectivity index (χ1v) is 7.71. The Morgan fingerprint density at radius 2 is 2.00 bits per heavy atom. The Balaban J connectivity index is 1.43. The van der Waals surface area contributed by atoms with E-state index in [9.17, 15) is 14.0 Å². The number of hydrogen-bond donors (Lipinski definition) is 2. The summed E-state index contributed by atoms with van der Waals surface area (Å²) in [5, 5.41) is 5.34. The van der Waals surface area contributed by atoms with Gasteiger partial charge in [0.05, 0.1) is 6.42 Å². The summed E-state index contributed by atoms with van der Waals surface area (Å²) >= 11 is 0. The highest BCUT2D eigenvalue weighted by Crippen LogP contribution is 2.04. The second-order valence-corrected chi connectivity index (χ2v) is 5.37. The molecule has 0 radical (unpaired) electrons. The number of carbonyl (C=O) groups excluding carboxylic acids is 2. The lowest BCUT2D eigenvalue weighted by Crippen LogP contribution is -2.35. The lowest BCUT2D eigenvalue weighted by atomic mass is 10.1. The molecule has 2 N–H and O–H groups in total. The molecule has 25 heavy (non-hydrogen) atoms. The standard InChI is InChI=1S/C17H16FN5O2/c18-13-4-1-3-12(9-13)10-15(24)19-6-7-20-16(25)14-11-23-8-2-5-21-17(23)22-14/h1-5,8-9,11H,6-7,10H2,(H,19,24)(H,20,25). The fourth-order valence-corrected chi connectivity index (χ4v) is 2.30. The van der Waals surface area contributed by atoms with Gasteiger partial charge in [-0.3, -0.25) is 14.0 Å². The van der Waals surface area contributed by atoms with E-state index in [1.807, 2.05) is 0 Å². The van der Waals surface area contributed by atoms with Gasteiger partial charge in [0, 0.05) is 31.7 Å². The fourth-order valence-electron chi connectivity index (χ4n) is 2.30. The summed E-state index contributed by atoms with van der Waals surface area (Å²) in [6, 6.07) is 7.62. The average molecular weight is 341 g/mol. The molecule has 2 heterocycles. The Bertz CT molecular complexity index is 876. The molecule has 2 amide bonds. The van der Waals surface area contributed by atoms with Crippen molar-refractivity contribution in [3.05, 3.63) is 66.0 Å². The number of nitrogens with zero attached hydrogens (tertiary/aromatic N) is 3. The number of hydrogen-bond acceptors (Lipinski definition) is 4. The van der Waals surface area contributed by atoms with Gasteiger partial charge in [-0.15, -0.1) is 0 Å². The van der Waals surface area contributed by atoms with Gasteiger partial charge in [-0.1, -0.05) is 12.1 Å². The third-order valence-corrected chi connectivity index (χ3v) is 3.45. The zero-order chi connectivity index (χ0) is 17.6. The normalized spacial score (nSPS) is 10.6. The van der Waals surface area contributed by atoms with Crippen LogP contribution < -0.4 is 10.6 Å². The van der Waals surface area contributed by atoms with Crippen molar-refractivity contribution in [3.63, 3.8) is 0 Å². The van der Waals surface area contributed by atoms with Crippen LogP contribution in [0.25, 0.3) is 5.78 Å². The third kappa shape index (κ3) is 4.37. The van der Waals surface area contributed by atoms with Crippen molar-refractivity contribution in [1.29, 1.82) is 0 Å². The number of fused-ring (bicyclic) bond motifs is 1. The van der Waals surface area contributed by atoms with Crippen LogP contribution >= 0.6 is 0 Å². The first kappa shape index (κ1) is 16.6. The molecule has 3 aromatic rings. The molecular formula is C17H16FN5O2. The summed E-state index contributed by atoms with van der Waals surface area (Å²) in [6.07, 6.45) is 5.01. The molecule has 0 bridgehead atoms. The van der Waals surface area contributed by atoms with Crippen molar-refractivity contribution >= 4 is 17.6 Å². The van der Waals surface area contributed by atoms with E-state index in [1.54, 1.807) is 41.2 Å². The van der Waals surface area contributed by atoms with Crippen LogP contribution in [-0.2, 0) is 11.2 Å². The second kappa shape index (κ2) is 7.52. The molecule has 0 aliphatic carbocycles. The van der Waals surface area contributed by atoms with E-state index in [-0.39, 0.29) is 42.8 Å². The van der Waals surface area contributed by atoms with E-state index in [1.165, 1.54) is 12.1 Å². The molecule has 7 nitrogen and oxygen atoms in total. The summed E-state index contributed by atoms with van der Waals surface area (Å²) < 4.78 is 14.7. The minimum absolute atomic E-state index is 0.0871. The van der Waals surface area contributed by atoms with Crippen molar-refractivity contribution in [2.24, 2.45) is 0 Å². The molecule has 0 atom stereocenters. The van der Waals surface area contributed by atoms with Gasteiger partial charge < -0.3 is 10.6 Å². The minimum atomic E-state index is -0.375. The Hall–Kier alpha value is -3.29. The van der Waals surface area contributed by atoms with Gasteiger partial charge >= 0.3 is 0 Å². The number of rotatable bonds is 6. The zero-order valence-electron chi connectivity index (χ0n) is 13.3. The quantitative estimate of drug-likeness (QED) is 0.654. The number of amides is 2. The summed E-state index contributed by atoms with van der Waals surface area (Å²) in [4.78, 5) is 31.9. The highest BCUT2D eigenvalue weighted by molar-refractivity contribution is 5.92. The molecule has 0 saturated heterocycles. The molecule has 128 valence electrons. The molecule has 0 spiro atoms. The van der Waals surface area contributed by atoms with Crippen molar-refractivity contribution < 1.29 is 14.0 Å². The maximum Gasteiger partial charge on any atom is 0.271 e. The molecule has 0 saturated carbocycles. The maximum absolute atomic E-state index is 13.1. The van der Waals surface area contributed by atoms with E-state index in [2.05, 4.69) is 20.6 Å². The van der Waals surface area contributed by atoms with Gasteiger partial charge in [-0.25, -0.2) is 14.4 Å². The molecular weight excluding hydrogens is 325 g/mol. The first-order chi connectivity index (χ1) is 12.1. The molecule has 8 heteroatoms. The van der Waals surface area contributed by atoms with Crippen LogP contribution in [0.4, 0.5) is 4.39 Å². The number of aromatic nitrogens is 3. The van der Waals surface area contributed by atoms with Crippen LogP contribution in [0, 0.1) is 5.82 Å². The van der Waals surface area contributed by atoms with E-state index in [0.29, 0.717) is 11.3 Å². The van der Waals surface area contributed by atoms with Crippen LogP contribution in [0.1, 0.15) is 16.1 Å². The maximum atomic E-state index is 13.1. The van der Waals surface area contributed by atoms with E-state index >= 15 is 0 Å². The average Bonchev–Trinajstić information content (AvgIpc) is 3.03. The van der Waals surface area contributed by atoms with Crippen molar-refractivity contribution in [2.75, 3.05) is 13.1 Å². The number of nitrogens with one attached hydrogen (secondary N) is 2. The lowest BCUT2D eigenvalue weighted by Gasteiger charge is -2.06. The molecule has 0 aliphatic heterocycles. The number of imidazole rings is 1. The van der Waals surface area contributed by atoms with Crippen LogP contribution in [0.5, 0.6) is 0 Å². The number of carbonyl (C=O) groups is 2. The highest BCUT2D eigenvalue weighted by atomic mass is 19.1. The predicted octanol–water partition coefficient (Wildman–Crippen LogP) is 0.957.